The third-order valence-corrected chi connectivity index (χ3v) is 5.74. The van der Waals surface area contributed by atoms with Gasteiger partial charge in [0, 0.05) is 22.9 Å². The molecule has 0 radical (unpaired) electrons. The molecular formula is C25H20N2O4. The molecule has 154 valence electrons. The Labute approximate surface area is 179 Å². The number of nitrogens with one attached hydrogen (secondary N) is 1. The Balaban J connectivity index is 1.47. The van der Waals surface area contributed by atoms with Gasteiger partial charge in [-0.05, 0) is 36.4 Å². The summed E-state index contributed by atoms with van der Waals surface area (Å²) in [6.07, 6.45) is 1.71. The first-order valence-electron chi connectivity index (χ1n) is 10.3. The van der Waals surface area contributed by atoms with Crippen LogP contribution in [0, 0.1) is 0 Å². The zero-order chi connectivity index (χ0) is 20.8. The van der Waals surface area contributed by atoms with Gasteiger partial charge >= 0.3 is 0 Å². The molecule has 1 N–H and O–H groups in total. The number of nitrogens with zero attached hydrogens (tertiary/aromatic N) is 1. The average molecular weight is 412 g/mol. The van der Waals surface area contributed by atoms with E-state index in [2.05, 4.69) is 11.4 Å². The Hall–Kier alpha value is -3.93. The standard InChI is InChI=1S/C25H20N2O4/c28-25-19-6-2-3-7-20(19)26-24(17-13-16-5-1-4-8-21(16)31-15-17)27(25)18-9-10-22-23(14-18)30-12-11-29-22/h1-10,13-14,24,26H,11-12,15H2. The number of hydrogen-bond donors (Lipinski definition) is 1. The predicted octanol–water partition coefficient (Wildman–Crippen LogP) is 4.33. The van der Waals surface area contributed by atoms with Crippen molar-refractivity contribution in [2.24, 2.45) is 0 Å². The summed E-state index contributed by atoms with van der Waals surface area (Å²) in [5.41, 5.74) is 4.15. The van der Waals surface area contributed by atoms with Crippen molar-refractivity contribution in [3.05, 3.63) is 83.4 Å². The van der Waals surface area contributed by atoms with Gasteiger partial charge in [-0.2, -0.15) is 0 Å². The van der Waals surface area contributed by atoms with E-state index in [0.717, 1.165) is 28.3 Å². The molecule has 31 heavy (non-hydrogen) atoms. The van der Waals surface area contributed by atoms with E-state index >= 15 is 0 Å². The number of hydrogen-bond acceptors (Lipinski definition) is 5. The topological polar surface area (TPSA) is 60.0 Å². The molecule has 3 aliphatic rings. The van der Waals surface area contributed by atoms with E-state index in [1.54, 1.807) is 4.90 Å². The van der Waals surface area contributed by atoms with Crippen molar-refractivity contribution in [3.63, 3.8) is 0 Å². The van der Waals surface area contributed by atoms with Gasteiger partial charge in [0.25, 0.3) is 5.91 Å². The molecule has 3 aromatic rings. The quantitative estimate of drug-likeness (QED) is 0.679. The van der Waals surface area contributed by atoms with Gasteiger partial charge in [0.05, 0.1) is 11.3 Å². The van der Waals surface area contributed by atoms with Crippen molar-refractivity contribution in [1.82, 2.24) is 0 Å². The third kappa shape index (κ3) is 2.99. The smallest absolute Gasteiger partial charge is 0.262 e. The number of ether oxygens (including phenoxy) is 3. The Kier molecular flexibility index (Phi) is 4.09. The van der Waals surface area contributed by atoms with Crippen molar-refractivity contribution in [1.29, 1.82) is 0 Å². The fourth-order valence-electron chi connectivity index (χ4n) is 4.25. The summed E-state index contributed by atoms with van der Waals surface area (Å²) in [6, 6.07) is 21.1. The normalized spacial score (nSPS) is 18.8. The summed E-state index contributed by atoms with van der Waals surface area (Å²) in [5, 5.41) is 3.54. The highest BCUT2D eigenvalue weighted by atomic mass is 16.6. The lowest BCUT2D eigenvalue weighted by atomic mass is 9.99. The highest BCUT2D eigenvalue weighted by Gasteiger charge is 2.36. The second-order valence-electron chi connectivity index (χ2n) is 7.64. The summed E-state index contributed by atoms with van der Waals surface area (Å²) in [6.45, 7) is 1.41. The maximum Gasteiger partial charge on any atom is 0.262 e. The van der Waals surface area contributed by atoms with Crippen LogP contribution in [0.2, 0.25) is 0 Å². The lowest BCUT2D eigenvalue weighted by Crippen LogP contribution is -2.51. The van der Waals surface area contributed by atoms with Gasteiger partial charge in [0.1, 0.15) is 31.7 Å². The highest BCUT2D eigenvalue weighted by Crippen LogP contribution is 2.39. The fourth-order valence-corrected chi connectivity index (χ4v) is 4.25. The van der Waals surface area contributed by atoms with Gasteiger partial charge in [-0.15, -0.1) is 0 Å². The Morgan fingerprint density at radius 1 is 0.839 bits per heavy atom. The van der Waals surface area contributed by atoms with Gasteiger partial charge in [-0.1, -0.05) is 30.3 Å². The largest absolute Gasteiger partial charge is 0.488 e. The molecule has 0 saturated heterocycles. The Bertz CT molecular complexity index is 1220. The van der Waals surface area contributed by atoms with Crippen LogP contribution in [0.4, 0.5) is 11.4 Å². The molecular weight excluding hydrogens is 392 g/mol. The second-order valence-corrected chi connectivity index (χ2v) is 7.64. The van der Waals surface area contributed by atoms with E-state index in [-0.39, 0.29) is 5.91 Å². The lowest BCUT2D eigenvalue weighted by Gasteiger charge is -2.40. The molecule has 6 nitrogen and oxygen atoms in total. The molecule has 0 aliphatic carbocycles. The predicted molar refractivity (Wildman–Crippen MR) is 118 cm³/mol. The number of rotatable bonds is 2. The van der Waals surface area contributed by atoms with Crippen molar-refractivity contribution in [3.8, 4) is 17.2 Å². The van der Waals surface area contributed by atoms with Crippen LogP contribution in [0.25, 0.3) is 6.08 Å². The molecule has 0 fully saturated rings. The van der Waals surface area contributed by atoms with Crippen molar-refractivity contribution in [2.75, 3.05) is 30.0 Å². The average Bonchev–Trinajstić information content (AvgIpc) is 2.83. The Morgan fingerprint density at radius 3 is 2.58 bits per heavy atom. The molecule has 0 aromatic heterocycles. The monoisotopic (exact) mass is 412 g/mol. The van der Waals surface area contributed by atoms with Crippen molar-refractivity contribution < 1.29 is 19.0 Å². The number of carbonyl (C=O) groups is 1. The van der Waals surface area contributed by atoms with Crippen molar-refractivity contribution in [2.45, 2.75) is 6.17 Å². The first kappa shape index (κ1) is 17.9. The van der Waals surface area contributed by atoms with Crippen LogP contribution < -0.4 is 24.4 Å². The highest BCUT2D eigenvalue weighted by molar-refractivity contribution is 6.12. The fraction of sp³-hybridized carbons (Fsp3) is 0.160. The summed E-state index contributed by atoms with van der Waals surface area (Å²) in [7, 11) is 0. The van der Waals surface area contributed by atoms with E-state index in [4.69, 9.17) is 14.2 Å². The maximum absolute atomic E-state index is 13.6. The number of amides is 1. The number of para-hydroxylation sites is 2. The van der Waals surface area contributed by atoms with Gasteiger partial charge in [-0.25, -0.2) is 0 Å². The zero-order valence-corrected chi connectivity index (χ0v) is 16.7. The number of fused-ring (bicyclic) bond motifs is 3. The van der Waals surface area contributed by atoms with Crippen LogP contribution in [-0.4, -0.2) is 31.9 Å². The number of carbonyl (C=O) groups excluding carboxylic acids is 1. The number of benzene rings is 3. The van der Waals surface area contributed by atoms with Gasteiger partial charge in [-0.3, -0.25) is 9.69 Å². The SMILES string of the molecule is O=C1c2ccccc2NC(C2=Cc3ccccc3OC2)N1c1ccc2c(c1)OCCO2. The second kappa shape index (κ2) is 7.09. The van der Waals surface area contributed by atoms with Crippen LogP contribution in [0.15, 0.2) is 72.3 Å². The maximum atomic E-state index is 13.6. The molecule has 6 heteroatoms. The molecule has 3 heterocycles. The van der Waals surface area contributed by atoms with E-state index in [1.165, 1.54) is 0 Å². The van der Waals surface area contributed by atoms with Crippen LogP contribution in [0.5, 0.6) is 17.2 Å². The molecule has 3 aliphatic heterocycles. The molecule has 1 atom stereocenters. The number of anilines is 2. The van der Waals surface area contributed by atoms with Crippen molar-refractivity contribution >= 4 is 23.4 Å². The van der Waals surface area contributed by atoms with Gasteiger partial charge in [0.15, 0.2) is 11.5 Å². The summed E-state index contributed by atoms with van der Waals surface area (Å²) in [5.74, 6) is 2.11. The minimum Gasteiger partial charge on any atom is -0.488 e. The lowest BCUT2D eigenvalue weighted by molar-refractivity contribution is 0.0977. The Morgan fingerprint density at radius 2 is 1.65 bits per heavy atom. The molecule has 3 aromatic carbocycles. The van der Waals surface area contributed by atoms with E-state index < -0.39 is 6.17 Å². The first-order valence-corrected chi connectivity index (χ1v) is 10.3. The van der Waals surface area contributed by atoms with Gasteiger partial charge < -0.3 is 19.5 Å². The van der Waals surface area contributed by atoms with E-state index in [0.29, 0.717) is 36.9 Å². The van der Waals surface area contributed by atoms with Gasteiger partial charge in [0.2, 0.25) is 0 Å². The van der Waals surface area contributed by atoms with Crippen LogP contribution in [-0.2, 0) is 0 Å². The minimum absolute atomic E-state index is 0.0733. The minimum atomic E-state index is -0.390. The molecule has 1 amide bonds. The molecule has 0 bridgehead atoms. The van der Waals surface area contributed by atoms with Crippen LogP contribution in [0.3, 0.4) is 0 Å². The summed E-state index contributed by atoms with van der Waals surface area (Å²) < 4.78 is 17.4. The summed E-state index contributed by atoms with van der Waals surface area (Å²) in [4.78, 5) is 15.4. The molecule has 6 rings (SSSR count). The van der Waals surface area contributed by atoms with E-state index in [9.17, 15) is 4.79 Å². The van der Waals surface area contributed by atoms with Crippen LogP contribution >= 0.6 is 0 Å². The zero-order valence-electron chi connectivity index (χ0n) is 16.7. The molecule has 1 unspecified atom stereocenters. The third-order valence-electron chi connectivity index (χ3n) is 5.74. The first-order chi connectivity index (χ1) is 15.3. The van der Waals surface area contributed by atoms with E-state index in [1.807, 2.05) is 66.7 Å². The molecule has 0 spiro atoms. The summed E-state index contributed by atoms with van der Waals surface area (Å²) >= 11 is 0. The molecule has 0 saturated carbocycles. The van der Waals surface area contributed by atoms with Crippen LogP contribution in [0.1, 0.15) is 15.9 Å².